The number of anilines is 2. The fourth-order valence-electron chi connectivity index (χ4n) is 8.23. The summed E-state index contributed by atoms with van der Waals surface area (Å²) >= 11 is 0. The molecule has 4 heterocycles. The van der Waals surface area contributed by atoms with E-state index in [9.17, 15) is 40.7 Å². The number of likely N-dealkylation sites (N-methyl/N-ethyl adjacent to an activating group) is 1. The maximum absolute atomic E-state index is 13.8. The molecule has 14 nitrogen and oxygen atoms in total. The number of nitrogens with zero attached hydrogens (tertiary/aromatic N) is 6. The molecule has 1 atom stereocenters. The number of para-hydroxylation sites is 2. The van der Waals surface area contributed by atoms with E-state index in [-0.39, 0.29) is 43.3 Å². The van der Waals surface area contributed by atoms with Gasteiger partial charge in [0.25, 0.3) is 5.91 Å². The van der Waals surface area contributed by atoms with E-state index >= 15 is 0 Å². The van der Waals surface area contributed by atoms with Crippen LogP contribution >= 0.6 is 0 Å². The number of ether oxygens (including phenoxy) is 4. The summed E-state index contributed by atoms with van der Waals surface area (Å²) in [7, 11) is 2.59. The number of rotatable bonds is 12. The monoisotopic (exact) mass is 989 g/mol. The summed E-state index contributed by atoms with van der Waals surface area (Å²) in [6.45, 7) is 9.76. The van der Waals surface area contributed by atoms with Crippen molar-refractivity contribution >= 4 is 29.3 Å². The smallest absolute Gasteiger partial charge is 0.433 e. The Morgan fingerprint density at radius 3 is 1.72 bits per heavy atom. The number of halogens is 6. The molecule has 0 fully saturated rings. The maximum Gasteiger partial charge on any atom is 0.433 e. The zero-order chi connectivity index (χ0) is 51.4. The number of amides is 2. The van der Waals surface area contributed by atoms with Gasteiger partial charge in [0, 0.05) is 31.5 Å². The van der Waals surface area contributed by atoms with Crippen molar-refractivity contribution in [3.63, 3.8) is 0 Å². The molecule has 2 aliphatic heterocycles. The minimum Gasteiger partial charge on any atom is -0.487 e. The van der Waals surface area contributed by atoms with Gasteiger partial charge < -0.3 is 29.2 Å². The van der Waals surface area contributed by atoms with Crippen LogP contribution in [0.2, 0.25) is 0 Å². The molecule has 4 aromatic carbocycles. The molecule has 0 bridgehead atoms. The summed E-state index contributed by atoms with van der Waals surface area (Å²) in [5, 5.41) is 11.6. The van der Waals surface area contributed by atoms with Gasteiger partial charge in [0.1, 0.15) is 59.1 Å². The molecule has 0 radical (unpaired) electrons. The van der Waals surface area contributed by atoms with Gasteiger partial charge in [-0.05, 0) is 130 Å². The fourth-order valence-corrected chi connectivity index (χ4v) is 8.23. The van der Waals surface area contributed by atoms with Crippen molar-refractivity contribution in [2.75, 3.05) is 37.5 Å². The molecule has 8 rings (SSSR count). The molecule has 0 unspecified atom stereocenters. The minimum atomic E-state index is -4.62. The zero-order valence-corrected chi connectivity index (χ0v) is 40.1. The van der Waals surface area contributed by atoms with Crippen LogP contribution < -0.4 is 19.7 Å². The van der Waals surface area contributed by atoms with Crippen LogP contribution in [0, 0.1) is 13.8 Å². The second-order valence-corrected chi connectivity index (χ2v) is 17.8. The summed E-state index contributed by atoms with van der Waals surface area (Å²) in [5.41, 5.74) is 3.79. The summed E-state index contributed by atoms with van der Waals surface area (Å²) in [4.78, 5) is 41.3. The second-order valence-electron chi connectivity index (χ2n) is 17.8. The Bertz CT molecular complexity index is 2880. The average molecular weight is 990 g/mol. The van der Waals surface area contributed by atoms with Gasteiger partial charge in [-0.25, -0.2) is 14.2 Å². The first-order valence-corrected chi connectivity index (χ1v) is 22.6. The van der Waals surface area contributed by atoms with Crippen molar-refractivity contribution in [2.45, 2.75) is 91.1 Å². The first kappa shape index (κ1) is 51.3. The van der Waals surface area contributed by atoms with E-state index in [1.165, 1.54) is 36.8 Å². The van der Waals surface area contributed by atoms with Gasteiger partial charge in [0.05, 0.1) is 24.9 Å². The van der Waals surface area contributed by atoms with Crippen molar-refractivity contribution in [1.29, 1.82) is 0 Å². The van der Waals surface area contributed by atoms with Crippen LogP contribution in [0.15, 0.2) is 97.1 Å². The van der Waals surface area contributed by atoms with Gasteiger partial charge in [0.2, 0.25) is 0 Å². The molecule has 376 valence electrons. The van der Waals surface area contributed by atoms with Gasteiger partial charge in [-0.15, -0.1) is 0 Å². The Balaban J connectivity index is 0.000000233. The zero-order valence-electron chi connectivity index (χ0n) is 40.1. The highest BCUT2D eigenvalue weighted by molar-refractivity contribution is 6.02. The van der Waals surface area contributed by atoms with Crippen molar-refractivity contribution in [2.24, 2.45) is 0 Å². The van der Waals surface area contributed by atoms with E-state index in [4.69, 9.17) is 18.9 Å². The predicted octanol–water partition coefficient (Wildman–Crippen LogP) is 10.2. The fraction of sp³-hybridized carbons (Fsp3) is 0.353. The Morgan fingerprint density at radius 1 is 0.718 bits per heavy atom. The highest BCUT2D eigenvalue weighted by Crippen LogP contribution is 2.38. The van der Waals surface area contributed by atoms with Crippen LogP contribution in [0.5, 0.6) is 11.5 Å². The third kappa shape index (κ3) is 11.9. The lowest BCUT2D eigenvalue weighted by molar-refractivity contribution is -0.144. The number of esters is 1. The molecular formula is C51H53F6N7O7. The maximum atomic E-state index is 13.8. The van der Waals surface area contributed by atoms with E-state index in [0.29, 0.717) is 34.9 Å². The summed E-state index contributed by atoms with van der Waals surface area (Å²) in [6.07, 6.45) is -8.87. The molecule has 71 heavy (non-hydrogen) atoms. The third-order valence-corrected chi connectivity index (χ3v) is 11.8. The highest BCUT2D eigenvalue weighted by Gasteiger charge is 2.40. The lowest BCUT2D eigenvalue weighted by atomic mass is 10.0. The number of carbonyl (C=O) groups excluding carboxylic acids is 3. The number of aromatic nitrogens is 4. The first-order chi connectivity index (χ1) is 33.5. The molecule has 2 aromatic heterocycles. The van der Waals surface area contributed by atoms with Gasteiger partial charge in [-0.1, -0.05) is 36.4 Å². The van der Waals surface area contributed by atoms with E-state index in [1.807, 2.05) is 19.1 Å². The van der Waals surface area contributed by atoms with Crippen molar-refractivity contribution < 1.29 is 59.7 Å². The van der Waals surface area contributed by atoms with E-state index < -0.39 is 53.4 Å². The molecular weight excluding hydrogens is 937 g/mol. The molecule has 1 N–H and O–H groups in total. The Hall–Kier alpha value is -7.51. The van der Waals surface area contributed by atoms with Crippen LogP contribution in [0.3, 0.4) is 0 Å². The molecule has 2 amide bonds. The lowest BCUT2D eigenvalue weighted by Crippen LogP contribution is -2.51. The molecule has 0 saturated carbocycles. The molecule has 0 spiro atoms. The van der Waals surface area contributed by atoms with Gasteiger partial charge in [-0.2, -0.15) is 36.5 Å². The Labute approximate surface area is 406 Å². The number of methoxy groups -OCH3 is 1. The van der Waals surface area contributed by atoms with Gasteiger partial charge in [-0.3, -0.25) is 14.5 Å². The number of benzene rings is 4. The van der Waals surface area contributed by atoms with Crippen molar-refractivity contribution in [1.82, 2.24) is 24.5 Å². The van der Waals surface area contributed by atoms with Crippen LogP contribution in [0.4, 0.5) is 42.5 Å². The molecule has 2 aliphatic rings. The molecule has 0 aliphatic carbocycles. The normalized spacial score (nSPS) is 13.6. The first-order valence-electron chi connectivity index (χ1n) is 22.6. The topological polar surface area (TPSA) is 142 Å². The van der Waals surface area contributed by atoms with Crippen LogP contribution in [-0.2, 0) is 57.5 Å². The minimum absolute atomic E-state index is 0.0318. The lowest BCUT2D eigenvalue weighted by Gasteiger charge is -2.32. The average Bonchev–Trinajstić information content (AvgIpc) is 4.16. The van der Waals surface area contributed by atoms with Gasteiger partial charge in [0.15, 0.2) is 0 Å². The van der Waals surface area contributed by atoms with Gasteiger partial charge >= 0.3 is 24.4 Å². The molecule has 20 heteroatoms. The molecule has 0 saturated heterocycles. The Kier molecular flexibility index (Phi) is 15.1. The van der Waals surface area contributed by atoms with Crippen LogP contribution in [0.1, 0.15) is 72.2 Å². The summed E-state index contributed by atoms with van der Waals surface area (Å²) < 4.78 is 105. The number of alkyl halides is 6. The van der Waals surface area contributed by atoms with E-state index in [1.54, 1.807) is 88.4 Å². The van der Waals surface area contributed by atoms with E-state index in [2.05, 4.69) is 15.5 Å². The van der Waals surface area contributed by atoms with Crippen molar-refractivity contribution in [3.8, 4) is 22.9 Å². The highest BCUT2D eigenvalue weighted by atomic mass is 19.4. The standard InChI is InChI=1S/C31H35F3N4O6.C20H18F3N3O/c1-19-22-14-15-37(28(40)24(17-27(39)42-6)36(5)29(41)44-30(2,3)4)23(22)12-13-25(19)43-18-20-16-26(31(32,33)34)38(35-20)21-10-8-7-9-11-21;1-13-16-9-10-24-17(16)7-8-18(13)27-12-14-11-19(20(21,22)23)26(25-14)15-5-3-2-4-6-15/h7-13,16,24H,14-15,17-18H2,1-6H3;2-8,11,24H,9-10,12H2,1H3/t24-;/m1./s1. The summed E-state index contributed by atoms with van der Waals surface area (Å²) in [5.74, 6) is -0.0543. The summed E-state index contributed by atoms with van der Waals surface area (Å²) in [6, 6.07) is 24.2. The number of nitrogens with one attached hydrogen (secondary N) is 1. The Morgan fingerprint density at radius 2 is 1.23 bits per heavy atom. The number of hydrogen-bond donors (Lipinski definition) is 1. The quantitative estimate of drug-likeness (QED) is 0.0930. The number of hydrogen-bond acceptors (Lipinski definition) is 10. The third-order valence-electron chi connectivity index (χ3n) is 11.8. The number of carbonyl (C=O) groups is 3. The second kappa shape index (κ2) is 20.8. The number of fused-ring (bicyclic) bond motifs is 2. The van der Waals surface area contributed by atoms with E-state index in [0.717, 1.165) is 56.2 Å². The van der Waals surface area contributed by atoms with Crippen molar-refractivity contribution in [3.05, 3.63) is 142 Å². The van der Waals surface area contributed by atoms with Crippen LogP contribution in [0.25, 0.3) is 11.4 Å². The largest absolute Gasteiger partial charge is 0.487 e. The SMILES string of the molecule is COC(=O)C[C@H](C(=O)N1CCc2c1ccc(OCc1cc(C(F)(F)F)n(-c3ccccc3)n1)c2C)N(C)C(=O)OC(C)(C)C.Cc1c(OCc2cc(C(F)(F)F)n(-c3ccccc3)n2)ccc2c1CCN2. The van der Waals surface area contributed by atoms with Crippen LogP contribution in [-0.4, -0.2) is 81.3 Å². The molecule has 6 aromatic rings. The predicted molar refractivity (Wildman–Crippen MR) is 251 cm³/mol.